The van der Waals surface area contributed by atoms with E-state index in [1.807, 2.05) is 0 Å². The van der Waals surface area contributed by atoms with Gasteiger partial charge in [-0.1, -0.05) is 90.5 Å². The van der Waals surface area contributed by atoms with Crippen molar-refractivity contribution >= 4 is 10.8 Å². The SMILES string of the molecule is CCCCC(CC)COc1cccc2c(OCC(CC)CCCC)c(C)ccc12. The van der Waals surface area contributed by atoms with Gasteiger partial charge < -0.3 is 9.47 Å². The predicted octanol–water partition coefficient (Wildman–Crippen LogP) is 8.34. The van der Waals surface area contributed by atoms with Crippen molar-refractivity contribution in [1.82, 2.24) is 0 Å². The van der Waals surface area contributed by atoms with Gasteiger partial charge in [0.1, 0.15) is 11.5 Å². The Kier molecular flexibility index (Phi) is 10.4. The van der Waals surface area contributed by atoms with Crippen molar-refractivity contribution in [2.24, 2.45) is 11.8 Å². The van der Waals surface area contributed by atoms with Crippen LogP contribution in [-0.4, -0.2) is 13.2 Å². The molecule has 0 heterocycles. The lowest BCUT2D eigenvalue weighted by Gasteiger charge is -2.20. The van der Waals surface area contributed by atoms with Gasteiger partial charge in [-0.05, 0) is 43.2 Å². The molecule has 0 aliphatic rings. The van der Waals surface area contributed by atoms with Crippen LogP contribution >= 0.6 is 0 Å². The molecule has 2 rings (SSSR count). The number of ether oxygens (including phenoxy) is 2. The summed E-state index contributed by atoms with van der Waals surface area (Å²) in [6.45, 7) is 12.8. The summed E-state index contributed by atoms with van der Waals surface area (Å²) in [7, 11) is 0. The van der Waals surface area contributed by atoms with Crippen molar-refractivity contribution in [3.05, 3.63) is 35.9 Å². The number of benzene rings is 2. The van der Waals surface area contributed by atoms with E-state index in [2.05, 4.69) is 65.0 Å². The van der Waals surface area contributed by atoms with Crippen LogP contribution in [0.1, 0.15) is 84.6 Å². The molecule has 0 spiro atoms. The van der Waals surface area contributed by atoms with Crippen LogP contribution < -0.4 is 9.47 Å². The molecule has 2 unspecified atom stereocenters. The van der Waals surface area contributed by atoms with Crippen molar-refractivity contribution < 1.29 is 9.47 Å². The van der Waals surface area contributed by atoms with E-state index in [0.717, 1.165) is 24.7 Å². The Hall–Kier alpha value is -1.70. The molecular weight excluding hydrogens is 356 g/mol. The van der Waals surface area contributed by atoms with Crippen molar-refractivity contribution in [2.45, 2.75) is 86.0 Å². The van der Waals surface area contributed by atoms with Gasteiger partial charge in [0, 0.05) is 10.8 Å². The van der Waals surface area contributed by atoms with Gasteiger partial charge >= 0.3 is 0 Å². The van der Waals surface area contributed by atoms with E-state index < -0.39 is 0 Å². The summed E-state index contributed by atoms with van der Waals surface area (Å²) in [5, 5.41) is 2.34. The molecule has 0 aliphatic heterocycles. The van der Waals surface area contributed by atoms with Crippen molar-refractivity contribution in [3.63, 3.8) is 0 Å². The average Bonchev–Trinajstić information content (AvgIpc) is 2.75. The van der Waals surface area contributed by atoms with Gasteiger partial charge in [-0.2, -0.15) is 0 Å². The zero-order valence-corrected chi connectivity index (χ0v) is 19.4. The molecular formula is C27H42O2. The highest BCUT2D eigenvalue weighted by Gasteiger charge is 2.14. The van der Waals surface area contributed by atoms with E-state index in [4.69, 9.17) is 9.47 Å². The lowest BCUT2D eigenvalue weighted by molar-refractivity contribution is 0.233. The molecule has 0 N–H and O–H groups in total. The van der Waals surface area contributed by atoms with Crippen molar-refractivity contribution in [3.8, 4) is 11.5 Å². The number of aryl methyl sites for hydroxylation is 1. The number of fused-ring (bicyclic) bond motifs is 1. The molecule has 2 nitrogen and oxygen atoms in total. The van der Waals surface area contributed by atoms with E-state index in [0.29, 0.717) is 11.8 Å². The highest BCUT2D eigenvalue weighted by Crippen LogP contribution is 2.35. The second kappa shape index (κ2) is 12.8. The maximum atomic E-state index is 6.40. The van der Waals surface area contributed by atoms with Gasteiger partial charge in [-0.3, -0.25) is 0 Å². The van der Waals surface area contributed by atoms with Crippen LogP contribution in [0.25, 0.3) is 10.8 Å². The highest BCUT2D eigenvalue weighted by atomic mass is 16.5. The van der Waals surface area contributed by atoms with Crippen LogP contribution in [-0.2, 0) is 0 Å². The van der Waals surface area contributed by atoms with E-state index in [1.54, 1.807) is 0 Å². The molecule has 2 atom stereocenters. The second-order valence-corrected chi connectivity index (χ2v) is 8.52. The molecule has 0 aromatic heterocycles. The van der Waals surface area contributed by atoms with Gasteiger partial charge in [-0.25, -0.2) is 0 Å². The number of hydrogen-bond donors (Lipinski definition) is 0. The fraction of sp³-hybridized carbons (Fsp3) is 0.630. The first kappa shape index (κ1) is 23.6. The Bertz CT molecular complexity index is 722. The van der Waals surface area contributed by atoms with E-state index in [-0.39, 0.29) is 0 Å². The summed E-state index contributed by atoms with van der Waals surface area (Å²) < 4.78 is 12.7. The Morgan fingerprint density at radius 2 is 1.34 bits per heavy atom. The molecule has 0 radical (unpaired) electrons. The van der Waals surface area contributed by atoms with Gasteiger partial charge in [0.2, 0.25) is 0 Å². The van der Waals surface area contributed by atoms with Crippen LogP contribution in [0.15, 0.2) is 30.3 Å². The molecule has 0 aliphatic carbocycles. The van der Waals surface area contributed by atoms with Gasteiger partial charge in [0.25, 0.3) is 0 Å². The highest BCUT2D eigenvalue weighted by molar-refractivity contribution is 5.94. The van der Waals surface area contributed by atoms with E-state index >= 15 is 0 Å². The zero-order chi connectivity index (χ0) is 21.1. The summed E-state index contributed by atoms with van der Waals surface area (Å²) in [4.78, 5) is 0. The third-order valence-corrected chi connectivity index (χ3v) is 6.19. The van der Waals surface area contributed by atoms with Gasteiger partial charge in [-0.15, -0.1) is 0 Å². The maximum Gasteiger partial charge on any atom is 0.130 e. The average molecular weight is 399 g/mol. The maximum absolute atomic E-state index is 6.40. The first-order valence-corrected chi connectivity index (χ1v) is 11.9. The molecule has 0 saturated heterocycles. The molecule has 0 saturated carbocycles. The summed E-state index contributed by atoms with van der Waals surface area (Å²) in [6.07, 6.45) is 9.92. The smallest absolute Gasteiger partial charge is 0.130 e. The minimum absolute atomic E-state index is 0.632. The van der Waals surface area contributed by atoms with Gasteiger partial charge in [0.05, 0.1) is 13.2 Å². The van der Waals surface area contributed by atoms with E-state index in [1.165, 1.54) is 67.7 Å². The van der Waals surface area contributed by atoms with Crippen LogP contribution in [0.4, 0.5) is 0 Å². The minimum atomic E-state index is 0.632. The third-order valence-electron chi connectivity index (χ3n) is 6.19. The molecule has 29 heavy (non-hydrogen) atoms. The van der Waals surface area contributed by atoms with Crippen LogP contribution in [0.2, 0.25) is 0 Å². The summed E-state index contributed by atoms with van der Waals surface area (Å²) in [5.41, 5.74) is 1.20. The lowest BCUT2D eigenvalue weighted by atomic mass is 10.00. The van der Waals surface area contributed by atoms with Gasteiger partial charge in [0.15, 0.2) is 0 Å². The molecule has 162 valence electrons. The largest absolute Gasteiger partial charge is 0.493 e. The van der Waals surface area contributed by atoms with Crippen molar-refractivity contribution in [2.75, 3.05) is 13.2 Å². The Morgan fingerprint density at radius 1 is 0.724 bits per heavy atom. The third kappa shape index (κ3) is 6.94. The summed E-state index contributed by atoms with van der Waals surface area (Å²) in [5.74, 6) is 3.28. The molecule has 2 heteroatoms. The monoisotopic (exact) mass is 398 g/mol. The molecule has 0 bridgehead atoms. The lowest BCUT2D eigenvalue weighted by Crippen LogP contribution is -2.12. The molecule has 0 amide bonds. The number of rotatable bonds is 14. The Labute approximate surface area is 179 Å². The Morgan fingerprint density at radius 3 is 1.93 bits per heavy atom. The van der Waals surface area contributed by atoms with Crippen LogP contribution in [0, 0.1) is 18.8 Å². The topological polar surface area (TPSA) is 18.5 Å². The standard InChI is InChI=1S/C27H42O2/c1-6-10-13-22(8-3)19-28-26-16-12-15-25-24(26)18-17-21(5)27(25)29-20-23(9-4)14-11-7-2/h12,15-18,22-23H,6-11,13-14,19-20H2,1-5H3. The second-order valence-electron chi connectivity index (χ2n) is 8.52. The fourth-order valence-corrected chi connectivity index (χ4v) is 3.93. The predicted molar refractivity (Wildman–Crippen MR) is 126 cm³/mol. The molecule has 2 aromatic carbocycles. The summed E-state index contributed by atoms with van der Waals surface area (Å²) >= 11 is 0. The normalized spacial score (nSPS) is 13.4. The molecule has 2 aromatic rings. The van der Waals surface area contributed by atoms with Crippen LogP contribution in [0.5, 0.6) is 11.5 Å². The molecule has 0 fully saturated rings. The Balaban J connectivity index is 2.16. The first-order valence-electron chi connectivity index (χ1n) is 11.9. The first-order chi connectivity index (χ1) is 14.1. The quantitative estimate of drug-likeness (QED) is 0.318. The number of hydrogen-bond acceptors (Lipinski definition) is 2. The van der Waals surface area contributed by atoms with E-state index in [9.17, 15) is 0 Å². The van der Waals surface area contributed by atoms with Crippen LogP contribution in [0.3, 0.4) is 0 Å². The summed E-state index contributed by atoms with van der Waals surface area (Å²) in [6, 6.07) is 10.7. The fourth-order valence-electron chi connectivity index (χ4n) is 3.93. The minimum Gasteiger partial charge on any atom is -0.493 e. The number of unbranched alkanes of at least 4 members (excludes halogenated alkanes) is 2. The zero-order valence-electron chi connectivity index (χ0n) is 19.4. The van der Waals surface area contributed by atoms with Crippen molar-refractivity contribution in [1.29, 1.82) is 0 Å².